The molecule has 0 amide bonds. The molecular formula is C12H17N7. The summed E-state index contributed by atoms with van der Waals surface area (Å²) in [6, 6.07) is 2.02. The number of aryl methyl sites for hydroxylation is 1. The number of amidine groups is 1. The van der Waals surface area contributed by atoms with Crippen molar-refractivity contribution in [1.29, 1.82) is 5.41 Å². The van der Waals surface area contributed by atoms with Gasteiger partial charge in [0.1, 0.15) is 12.1 Å². The lowest BCUT2D eigenvalue weighted by molar-refractivity contribution is 0.492. The first kappa shape index (κ1) is 11.9. The zero-order valence-electron chi connectivity index (χ0n) is 10.9. The van der Waals surface area contributed by atoms with E-state index in [9.17, 15) is 0 Å². The maximum atomic E-state index is 7.52. The van der Waals surface area contributed by atoms with Crippen molar-refractivity contribution >= 4 is 17.4 Å². The topological polar surface area (TPSA) is 96.2 Å². The summed E-state index contributed by atoms with van der Waals surface area (Å²) in [5, 5.41) is 11.7. The molecule has 3 N–H and O–H groups in total. The molecule has 1 aliphatic rings. The molecule has 3 heterocycles. The van der Waals surface area contributed by atoms with E-state index in [1.165, 1.54) is 6.33 Å². The molecule has 1 saturated heterocycles. The number of hydrogen-bond donors (Lipinski definition) is 2. The van der Waals surface area contributed by atoms with Gasteiger partial charge in [0.25, 0.3) is 5.78 Å². The van der Waals surface area contributed by atoms with Crippen LogP contribution >= 0.6 is 0 Å². The summed E-state index contributed by atoms with van der Waals surface area (Å²) in [4.78, 5) is 10.7. The number of nitrogens with two attached hydrogens (primary N) is 1. The van der Waals surface area contributed by atoms with Crippen LogP contribution in [0.25, 0.3) is 5.78 Å². The van der Waals surface area contributed by atoms with Crippen molar-refractivity contribution in [1.82, 2.24) is 19.6 Å². The van der Waals surface area contributed by atoms with E-state index in [4.69, 9.17) is 11.1 Å². The molecule has 2 aromatic heterocycles. The Morgan fingerprint density at radius 2 is 2.16 bits per heavy atom. The van der Waals surface area contributed by atoms with Gasteiger partial charge < -0.3 is 10.6 Å². The minimum Gasteiger partial charge on any atom is -0.387 e. The number of hydrogen-bond acceptors (Lipinski definition) is 5. The summed E-state index contributed by atoms with van der Waals surface area (Å²) in [5.74, 6) is 2.16. The van der Waals surface area contributed by atoms with Crippen molar-refractivity contribution in [2.75, 3.05) is 18.0 Å². The van der Waals surface area contributed by atoms with Crippen LogP contribution in [-0.2, 0) is 0 Å². The van der Waals surface area contributed by atoms with Gasteiger partial charge >= 0.3 is 0 Å². The molecule has 0 atom stereocenters. The molecule has 0 bridgehead atoms. The molecule has 2 aromatic rings. The van der Waals surface area contributed by atoms with Crippen LogP contribution in [0.2, 0.25) is 0 Å². The van der Waals surface area contributed by atoms with Crippen molar-refractivity contribution in [3.8, 4) is 0 Å². The average Bonchev–Trinajstić information content (AvgIpc) is 2.85. The third-order valence-electron chi connectivity index (χ3n) is 3.62. The number of piperidine rings is 1. The summed E-state index contributed by atoms with van der Waals surface area (Å²) < 4.78 is 1.76. The fourth-order valence-electron chi connectivity index (χ4n) is 2.56. The normalized spacial score (nSPS) is 17.0. The first-order valence-corrected chi connectivity index (χ1v) is 6.41. The third-order valence-corrected chi connectivity index (χ3v) is 3.62. The highest BCUT2D eigenvalue weighted by Gasteiger charge is 2.23. The Kier molecular flexibility index (Phi) is 2.81. The predicted molar refractivity (Wildman–Crippen MR) is 72.4 cm³/mol. The fraction of sp³-hybridized carbons (Fsp3) is 0.500. The highest BCUT2D eigenvalue weighted by atomic mass is 15.4. The van der Waals surface area contributed by atoms with Crippen LogP contribution in [0.4, 0.5) is 5.82 Å². The molecule has 0 unspecified atom stereocenters. The Balaban J connectivity index is 1.89. The molecule has 0 radical (unpaired) electrons. The van der Waals surface area contributed by atoms with Gasteiger partial charge in [0.15, 0.2) is 0 Å². The molecule has 7 heteroatoms. The van der Waals surface area contributed by atoms with Crippen LogP contribution in [0.1, 0.15) is 18.5 Å². The van der Waals surface area contributed by atoms with Gasteiger partial charge in [0.2, 0.25) is 0 Å². The molecule has 1 fully saturated rings. The van der Waals surface area contributed by atoms with Crippen molar-refractivity contribution < 1.29 is 0 Å². The Morgan fingerprint density at radius 1 is 1.42 bits per heavy atom. The molecule has 7 nitrogen and oxygen atoms in total. The van der Waals surface area contributed by atoms with E-state index >= 15 is 0 Å². The van der Waals surface area contributed by atoms with Gasteiger partial charge in [-0.3, -0.25) is 5.41 Å². The number of nitrogens with one attached hydrogen (secondary N) is 1. The Hall–Kier alpha value is -2.18. The third kappa shape index (κ3) is 2.11. The Labute approximate surface area is 111 Å². The van der Waals surface area contributed by atoms with Crippen molar-refractivity contribution in [3.05, 3.63) is 18.1 Å². The largest absolute Gasteiger partial charge is 0.387 e. The Morgan fingerprint density at radius 3 is 2.84 bits per heavy atom. The van der Waals surface area contributed by atoms with E-state index in [1.807, 2.05) is 13.0 Å². The maximum Gasteiger partial charge on any atom is 0.254 e. The SMILES string of the molecule is Cc1cc(N2CCC(C(=N)N)CC2)n2ncnc2n1. The van der Waals surface area contributed by atoms with E-state index in [0.29, 0.717) is 11.6 Å². The monoisotopic (exact) mass is 259 g/mol. The molecule has 100 valence electrons. The van der Waals surface area contributed by atoms with Crippen LogP contribution < -0.4 is 10.6 Å². The molecule has 19 heavy (non-hydrogen) atoms. The molecular weight excluding hydrogens is 242 g/mol. The van der Waals surface area contributed by atoms with E-state index in [-0.39, 0.29) is 5.92 Å². The van der Waals surface area contributed by atoms with E-state index in [1.54, 1.807) is 4.52 Å². The maximum absolute atomic E-state index is 7.52. The fourth-order valence-corrected chi connectivity index (χ4v) is 2.56. The van der Waals surface area contributed by atoms with Crippen molar-refractivity contribution in [2.24, 2.45) is 11.7 Å². The van der Waals surface area contributed by atoms with Gasteiger partial charge in [0.05, 0.1) is 5.84 Å². The van der Waals surface area contributed by atoms with Gasteiger partial charge in [-0.1, -0.05) is 0 Å². The van der Waals surface area contributed by atoms with E-state index in [2.05, 4.69) is 20.0 Å². The van der Waals surface area contributed by atoms with Crippen LogP contribution in [0, 0.1) is 18.3 Å². The standard InChI is InChI=1S/C12H17N7/c1-8-6-10(19-12(17-8)15-7-16-19)18-4-2-9(3-5-18)11(13)14/h6-7,9H,2-5H2,1H3,(H3,13,14). The number of anilines is 1. The average molecular weight is 259 g/mol. The molecule has 1 aliphatic heterocycles. The van der Waals surface area contributed by atoms with Gasteiger partial charge in [-0.05, 0) is 19.8 Å². The first-order valence-electron chi connectivity index (χ1n) is 6.41. The second kappa shape index (κ2) is 4.49. The molecule has 0 saturated carbocycles. The van der Waals surface area contributed by atoms with Crippen LogP contribution in [0.15, 0.2) is 12.4 Å². The minimum atomic E-state index is 0.213. The van der Waals surface area contributed by atoms with Gasteiger partial charge in [-0.25, -0.2) is 4.98 Å². The highest BCUT2D eigenvalue weighted by molar-refractivity contribution is 5.79. The van der Waals surface area contributed by atoms with Crippen LogP contribution in [-0.4, -0.2) is 38.5 Å². The summed E-state index contributed by atoms with van der Waals surface area (Å²) in [7, 11) is 0. The number of aromatic nitrogens is 4. The summed E-state index contributed by atoms with van der Waals surface area (Å²) in [6.07, 6.45) is 3.34. The number of rotatable bonds is 2. The minimum absolute atomic E-state index is 0.213. The summed E-state index contributed by atoms with van der Waals surface area (Å²) >= 11 is 0. The predicted octanol–water partition coefficient (Wildman–Crippen LogP) is 0.585. The van der Waals surface area contributed by atoms with Gasteiger partial charge in [0, 0.05) is 30.8 Å². The molecule has 0 spiro atoms. The second-order valence-electron chi connectivity index (χ2n) is 4.94. The Bertz CT molecular complexity index is 610. The lowest BCUT2D eigenvalue weighted by Gasteiger charge is -2.32. The summed E-state index contributed by atoms with van der Waals surface area (Å²) in [5.41, 5.74) is 6.51. The van der Waals surface area contributed by atoms with Gasteiger partial charge in [-0.15, -0.1) is 0 Å². The van der Waals surface area contributed by atoms with Crippen molar-refractivity contribution in [3.63, 3.8) is 0 Å². The highest BCUT2D eigenvalue weighted by Crippen LogP contribution is 2.23. The summed E-state index contributed by atoms with van der Waals surface area (Å²) in [6.45, 7) is 3.71. The van der Waals surface area contributed by atoms with E-state index < -0.39 is 0 Å². The zero-order valence-corrected chi connectivity index (χ0v) is 10.9. The first-order chi connectivity index (χ1) is 9.15. The molecule has 0 aromatic carbocycles. The van der Waals surface area contributed by atoms with Gasteiger partial charge in [-0.2, -0.15) is 14.6 Å². The number of fused-ring (bicyclic) bond motifs is 1. The van der Waals surface area contributed by atoms with E-state index in [0.717, 1.165) is 37.4 Å². The van der Waals surface area contributed by atoms with Crippen molar-refractivity contribution in [2.45, 2.75) is 19.8 Å². The molecule has 0 aliphatic carbocycles. The van der Waals surface area contributed by atoms with Crippen LogP contribution in [0.5, 0.6) is 0 Å². The van der Waals surface area contributed by atoms with Crippen LogP contribution in [0.3, 0.4) is 0 Å². The quantitative estimate of drug-likeness (QED) is 0.607. The number of nitrogens with zero attached hydrogens (tertiary/aromatic N) is 5. The second-order valence-corrected chi connectivity index (χ2v) is 4.94. The molecule has 3 rings (SSSR count). The smallest absolute Gasteiger partial charge is 0.254 e. The lowest BCUT2D eigenvalue weighted by Crippen LogP contribution is -2.39. The lowest BCUT2D eigenvalue weighted by atomic mass is 9.96. The zero-order chi connectivity index (χ0) is 13.4.